The molecular formula is C18H15F2N5OS. The van der Waals surface area contributed by atoms with Gasteiger partial charge in [-0.1, -0.05) is 36.0 Å². The van der Waals surface area contributed by atoms with Gasteiger partial charge in [-0.2, -0.15) is 8.78 Å². The lowest BCUT2D eigenvalue weighted by Gasteiger charge is -2.11. The Labute approximate surface area is 157 Å². The van der Waals surface area contributed by atoms with Gasteiger partial charge in [-0.3, -0.25) is 9.13 Å². The Balaban J connectivity index is 1.65. The SMILES string of the molecule is COc1ccccc1-n1cnnc1SCc1nc2ccccc2n1C(F)F. The van der Waals surface area contributed by atoms with E-state index in [0.29, 0.717) is 21.9 Å². The first kappa shape index (κ1) is 17.5. The average molecular weight is 387 g/mol. The number of hydrogen-bond donors (Lipinski definition) is 0. The predicted octanol–water partition coefficient (Wildman–Crippen LogP) is 4.31. The molecule has 0 aliphatic rings. The number of fused-ring (bicyclic) bond motifs is 1. The molecule has 0 fully saturated rings. The number of rotatable bonds is 6. The third-order valence-corrected chi connectivity index (χ3v) is 4.99. The van der Waals surface area contributed by atoms with Gasteiger partial charge in [0.15, 0.2) is 5.16 Å². The second-order valence-electron chi connectivity index (χ2n) is 5.61. The van der Waals surface area contributed by atoms with Crippen LogP contribution < -0.4 is 4.74 Å². The van der Waals surface area contributed by atoms with Crippen LogP contribution >= 0.6 is 11.8 Å². The lowest BCUT2D eigenvalue weighted by atomic mass is 10.3. The van der Waals surface area contributed by atoms with Gasteiger partial charge in [0, 0.05) is 0 Å². The molecule has 0 bridgehead atoms. The minimum absolute atomic E-state index is 0.229. The summed E-state index contributed by atoms with van der Waals surface area (Å²) >= 11 is 1.28. The van der Waals surface area contributed by atoms with E-state index in [1.54, 1.807) is 42.3 Å². The lowest BCUT2D eigenvalue weighted by molar-refractivity contribution is 0.0722. The number of alkyl halides is 2. The molecule has 0 amide bonds. The number of benzene rings is 2. The predicted molar refractivity (Wildman–Crippen MR) is 98.5 cm³/mol. The van der Waals surface area contributed by atoms with E-state index in [1.165, 1.54) is 11.8 Å². The average Bonchev–Trinajstić information content (AvgIpc) is 3.30. The number of imidazole rings is 1. The Morgan fingerprint density at radius 3 is 2.70 bits per heavy atom. The van der Waals surface area contributed by atoms with Gasteiger partial charge in [0.05, 0.1) is 29.6 Å². The van der Waals surface area contributed by atoms with E-state index < -0.39 is 6.55 Å². The van der Waals surface area contributed by atoms with Crippen LogP contribution in [0.2, 0.25) is 0 Å². The molecule has 0 saturated heterocycles. The van der Waals surface area contributed by atoms with Gasteiger partial charge >= 0.3 is 6.55 Å². The summed E-state index contributed by atoms with van der Waals surface area (Å²) < 4.78 is 35.2. The molecule has 2 aromatic carbocycles. The number of nitrogens with zero attached hydrogens (tertiary/aromatic N) is 5. The fourth-order valence-corrected chi connectivity index (χ4v) is 3.71. The molecule has 0 aliphatic heterocycles. The smallest absolute Gasteiger partial charge is 0.320 e. The maximum absolute atomic E-state index is 13.6. The van der Waals surface area contributed by atoms with Gasteiger partial charge in [-0.05, 0) is 24.3 Å². The highest BCUT2D eigenvalue weighted by atomic mass is 32.2. The van der Waals surface area contributed by atoms with Crippen molar-refractivity contribution in [1.82, 2.24) is 24.3 Å². The highest BCUT2D eigenvalue weighted by Gasteiger charge is 2.19. The summed E-state index contributed by atoms with van der Waals surface area (Å²) in [4.78, 5) is 4.35. The second kappa shape index (κ2) is 7.36. The highest BCUT2D eigenvalue weighted by Crippen LogP contribution is 2.30. The van der Waals surface area contributed by atoms with Gasteiger partial charge < -0.3 is 4.74 Å². The zero-order valence-corrected chi connectivity index (χ0v) is 15.1. The molecule has 2 aromatic heterocycles. The van der Waals surface area contributed by atoms with Crippen molar-refractivity contribution in [2.24, 2.45) is 0 Å². The van der Waals surface area contributed by atoms with Crippen LogP contribution in [0.15, 0.2) is 60.0 Å². The van der Waals surface area contributed by atoms with Gasteiger partial charge in [0.1, 0.15) is 17.9 Å². The molecule has 0 spiro atoms. The third kappa shape index (κ3) is 3.25. The number of methoxy groups -OCH3 is 1. The summed E-state index contributed by atoms with van der Waals surface area (Å²) in [5, 5.41) is 8.62. The van der Waals surface area contributed by atoms with Crippen molar-refractivity contribution in [3.63, 3.8) is 0 Å². The Morgan fingerprint density at radius 1 is 1.11 bits per heavy atom. The van der Waals surface area contributed by atoms with Crippen molar-refractivity contribution in [1.29, 1.82) is 0 Å². The van der Waals surface area contributed by atoms with Crippen LogP contribution in [0.5, 0.6) is 5.75 Å². The molecule has 6 nitrogen and oxygen atoms in total. The van der Waals surface area contributed by atoms with Crippen molar-refractivity contribution in [2.75, 3.05) is 7.11 Å². The minimum Gasteiger partial charge on any atom is -0.495 e. The molecule has 4 aromatic rings. The fourth-order valence-electron chi connectivity index (χ4n) is 2.86. The molecule has 9 heteroatoms. The summed E-state index contributed by atoms with van der Waals surface area (Å²) in [6, 6.07) is 14.3. The van der Waals surface area contributed by atoms with Crippen molar-refractivity contribution in [3.05, 3.63) is 60.7 Å². The standard InChI is InChI=1S/C18H15F2N5OS/c1-26-15-9-5-4-8-14(15)24-11-21-23-18(24)27-10-16-22-12-6-2-3-7-13(12)25(16)17(19)20/h2-9,11,17H,10H2,1H3. The van der Waals surface area contributed by atoms with E-state index in [9.17, 15) is 8.78 Å². The maximum Gasteiger partial charge on any atom is 0.320 e. The molecule has 0 atom stereocenters. The lowest BCUT2D eigenvalue weighted by Crippen LogP contribution is -2.04. The third-order valence-electron chi connectivity index (χ3n) is 4.06. The van der Waals surface area contributed by atoms with Crippen LogP contribution in [0, 0.1) is 0 Å². The van der Waals surface area contributed by atoms with Crippen molar-refractivity contribution in [3.8, 4) is 11.4 Å². The molecule has 138 valence electrons. The largest absolute Gasteiger partial charge is 0.495 e. The number of para-hydroxylation sites is 4. The van der Waals surface area contributed by atoms with E-state index in [1.807, 2.05) is 24.3 Å². The maximum atomic E-state index is 13.6. The quantitative estimate of drug-likeness (QED) is 0.462. The minimum atomic E-state index is -2.67. The number of hydrogen-bond acceptors (Lipinski definition) is 5. The summed E-state index contributed by atoms with van der Waals surface area (Å²) in [5.74, 6) is 1.18. The van der Waals surface area contributed by atoms with E-state index >= 15 is 0 Å². The van der Waals surface area contributed by atoms with Crippen LogP contribution in [-0.2, 0) is 5.75 Å². The van der Waals surface area contributed by atoms with E-state index in [4.69, 9.17) is 4.74 Å². The molecule has 0 saturated carbocycles. The first-order valence-corrected chi connectivity index (χ1v) is 9.08. The van der Waals surface area contributed by atoms with Gasteiger partial charge in [0.2, 0.25) is 0 Å². The normalized spacial score (nSPS) is 11.4. The Bertz CT molecular complexity index is 1080. The van der Waals surface area contributed by atoms with E-state index in [0.717, 1.165) is 10.3 Å². The first-order valence-electron chi connectivity index (χ1n) is 8.09. The molecule has 0 N–H and O–H groups in total. The molecule has 0 unspecified atom stereocenters. The molecule has 4 rings (SSSR count). The Kier molecular flexibility index (Phi) is 4.76. The van der Waals surface area contributed by atoms with Gasteiger partial charge in [-0.25, -0.2) is 4.98 Å². The zero-order chi connectivity index (χ0) is 18.8. The number of ether oxygens (including phenoxy) is 1. The number of thioether (sulfide) groups is 1. The summed E-state index contributed by atoms with van der Waals surface area (Å²) in [5.41, 5.74) is 1.73. The van der Waals surface area contributed by atoms with Crippen LogP contribution in [-0.4, -0.2) is 31.4 Å². The zero-order valence-electron chi connectivity index (χ0n) is 14.3. The topological polar surface area (TPSA) is 57.8 Å². The molecule has 0 aliphatic carbocycles. The van der Waals surface area contributed by atoms with Crippen LogP contribution in [0.4, 0.5) is 8.78 Å². The fraction of sp³-hybridized carbons (Fsp3) is 0.167. The van der Waals surface area contributed by atoms with Crippen LogP contribution in [0.1, 0.15) is 12.4 Å². The number of halogens is 2. The van der Waals surface area contributed by atoms with Crippen molar-refractivity contribution >= 4 is 22.8 Å². The Hall–Kier alpha value is -2.94. The molecular weight excluding hydrogens is 372 g/mol. The van der Waals surface area contributed by atoms with Crippen LogP contribution in [0.3, 0.4) is 0 Å². The summed E-state index contributed by atoms with van der Waals surface area (Å²) in [6.45, 7) is -2.67. The van der Waals surface area contributed by atoms with Crippen molar-refractivity contribution < 1.29 is 13.5 Å². The summed E-state index contributed by atoms with van der Waals surface area (Å²) in [7, 11) is 1.58. The summed E-state index contributed by atoms with van der Waals surface area (Å²) in [6.07, 6.45) is 1.57. The van der Waals surface area contributed by atoms with Crippen LogP contribution in [0.25, 0.3) is 16.7 Å². The van der Waals surface area contributed by atoms with Gasteiger partial charge in [0.25, 0.3) is 0 Å². The first-order chi connectivity index (χ1) is 13.2. The molecule has 0 radical (unpaired) electrons. The molecule has 2 heterocycles. The van der Waals surface area contributed by atoms with Crippen molar-refractivity contribution in [2.45, 2.75) is 17.5 Å². The Morgan fingerprint density at radius 2 is 1.89 bits per heavy atom. The highest BCUT2D eigenvalue weighted by molar-refractivity contribution is 7.98. The molecule has 27 heavy (non-hydrogen) atoms. The number of aromatic nitrogens is 5. The second-order valence-corrected chi connectivity index (χ2v) is 6.55. The monoisotopic (exact) mass is 387 g/mol. The van der Waals surface area contributed by atoms with E-state index in [-0.39, 0.29) is 11.6 Å². The van der Waals surface area contributed by atoms with E-state index in [2.05, 4.69) is 15.2 Å². The van der Waals surface area contributed by atoms with Gasteiger partial charge in [-0.15, -0.1) is 10.2 Å².